The van der Waals surface area contributed by atoms with Crippen molar-refractivity contribution in [3.63, 3.8) is 0 Å². The van der Waals surface area contributed by atoms with Crippen molar-refractivity contribution in [2.45, 2.75) is 25.4 Å². The Morgan fingerprint density at radius 1 is 1.29 bits per heavy atom. The van der Waals surface area contributed by atoms with Gasteiger partial charge in [0, 0.05) is 18.2 Å². The summed E-state index contributed by atoms with van der Waals surface area (Å²) in [5.74, 6) is 0.126. The van der Waals surface area contributed by atoms with Crippen molar-refractivity contribution in [2.24, 2.45) is 0 Å². The molecule has 21 heavy (non-hydrogen) atoms. The van der Waals surface area contributed by atoms with Crippen LogP contribution in [0.5, 0.6) is 0 Å². The van der Waals surface area contributed by atoms with Gasteiger partial charge in [0.2, 0.25) is 0 Å². The fourth-order valence-corrected chi connectivity index (χ4v) is 3.04. The Morgan fingerprint density at radius 3 is 2.62 bits per heavy atom. The second-order valence-electron chi connectivity index (χ2n) is 5.38. The van der Waals surface area contributed by atoms with Crippen LogP contribution in [0.2, 0.25) is 0 Å². The lowest BCUT2D eigenvalue weighted by Crippen LogP contribution is -2.31. The molecule has 2 aromatic rings. The number of hydrogen-bond acceptors (Lipinski definition) is 4. The lowest BCUT2D eigenvalue weighted by Gasteiger charge is -2.20. The summed E-state index contributed by atoms with van der Waals surface area (Å²) in [5, 5.41) is 13.0. The second-order valence-corrected chi connectivity index (χ2v) is 6.16. The monoisotopic (exact) mass is 296 g/mol. The van der Waals surface area contributed by atoms with Crippen LogP contribution in [-0.2, 0) is 6.54 Å². The first-order chi connectivity index (χ1) is 10.3. The van der Waals surface area contributed by atoms with E-state index in [0.717, 1.165) is 6.54 Å². The van der Waals surface area contributed by atoms with E-state index in [1.807, 2.05) is 0 Å². The minimum Gasteiger partial charge on any atom is -0.293 e. The highest BCUT2D eigenvalue weighted by atomic mass is 32.1. The maximum absolute atomic E-state index is 12.4. The maximum atomic E-state index is 12.4. The number of hydrogen-bond donors (Lipinski definition) is 0. The van der Waals surface area contributed by atoms with Crippen molar-refractivity contribution in [1.29, 1.82) is 5.26 Å². The first-order valence-electron chi connectivity index (χ1n) is 7.05. The van der Waals surface area contributed by atoms with Gasteiger partial charge in [0.15, 0.2) is 5.78 Å². The van der Waals surface area contributed by atoms with Gasteiger partial charge in [-0.15, -0.1) is 0 Å². The Kier molecular flexibility index (Phi) is 4.14. The molecule has 0 aliphatic heterocycles. The van der Waals surface area contributed by atoms with E-state index in [4.69, 9.17) is 5.26 Å². The summed E-state index contributed by atoms with van der Waals surface area (Å²) in [7, 11) is 0. The van der Waals surface area contributed by atoms with Gasteiger partial charge in [0.25, 0.3) is 0 Å². The van der Waals surface area contributed by atoms with E-state index in [1.165, 1.54) is 18.4 Å². The summed E-state index contributed by atoms with van der Waals surface area (Å²) in [6, 6.07) is 11.6. The van der Waals surface area contributed by atoms with E-state index in [2.05, 4.69) is 27.8 Å². The van der Waals surface area contributed by atoms with Crippen LogP contribution in [0.1, 0.15) is 34.3 Å². The number of ketones is 1. The number of rotatable bonds is 6. The summed E-state index contributed by atoms with van der Waals surface area (Å²) in [5.41, 5.74) is 2.55. The van der Waals surface area contributed by atoms with E-state index in [1.54, 1.807) is 35.6 Å². The summed E-state index contributed by atoms with van der Waals surface area (Å²) in [6.07, 6.45) is 2.37. The lowest BCUT2D eigenvalue weighted by molar-refractivity contribution is 0.0919. The second kappa shape index (κ2) is 6.21. The van der Waals surface area contributed by atoms with Crippen LogP contribution in [0, 0.1) is 11.3 Å². The number of nitrogens with zero attached hydrogens (tertiary/aromatic N) is 2. The molecule has 106 valence electrons. The van der Waals surface area contributed by atoms with Gasteiger partial charge in [0.1, 0.15) is 0 Å². The van der Waals surface area contributed by atoms with Gasteiger partial charge in [-0.25, -0.2) is 0 Å². The summed E-state index contributed by atoms with van der Waals surface area (Å²) in [4.78, 5) is 14.7. The van der Waals surface area contributed by atoms with Crippen LogP contribution >= 0.6 is 11.3 Å². The first-order valence-corrected chi connectivity index (χ1v) is 7.99. The lowest BCUT2D eigenvalue weighted by atomic mass is 10.1. The molecule has 0 unspecified atom stereocenters. The SMILES string of the molecule is N#Cc1ccc(C(=O)CN(Cc2ccsc2)C2CC2)cc1. The molecule has 1 saturated carbocycles. The van der Waals surface area contributed by atoms with Gasteiger partial charge in [-0.1, -0.05) is 12.1 Å². The molecular weight excluding hydrogens is 280 g/mol. The largest absolute Gasteiger partial charge is 0.293 e. The molecular formula is C17H16N2OS. The zero-order valence-electron chi connectivity index (χ0n) is 11.7. The summed E-state index contributed by atoms with van der Waals surface area (Å²) in [6.45, 7) is 1.29. The minimum absolute atomic E-state index is 0.126. The maximum Gasteiger partial charge on any atom is 0.176 e. The predicted molar refractivity (Wildman–Crippen MR) is 83.2 cm³/mol. The molecule has 1 aliphatic carbocycles. The van der Waals surface area contributed by atoms with Gasteiger partial charge in [-0.3, -0.25) is 9.69 Å². The van der Waals surface area contributed by atoms with Gasteiger partial charge in [-0.05, 0) is 47.4 Å². The molecule has 1 fully saturated rings. The molecule has 1 aromatic heterocycles. The van der Waals surface area contributed by atoms with Gasteiger partial charge < -0.3 is 0 Å². The molecule has 0 N–H and O–H groups in total. The quantitative estimate of drug-likeness (QED) is 0.767. The van der Waals surface area contributed by atoms with Crippen molar-refractivity contribution >= 4 is 17.1 Å². The fourth-order valence-electron chi connectivity index (χ4n) is 2.38. The van der Waals surface area contributed by atoms with E-state index in [9.17, 15) is 4.79 Å². The minimum atomic E-state index is 0.126. The van der Waals surface area contributed by atoms with E-state index in [0.29, 0.717) is 23.7 Å². The Morgan fingerprint density at radius 2 is 2.05 bits per heavy atom. The number of carbonyl (C=O) groups is 1. The number of Topliss-reactive ketones (excluding diaryl/α,β-unsaturated/α-hetero) is 1. The highest BCUT2D eigenvalue weighted by Crippen LogP contribution is 2.28. The van der Waals surface area contributed by atoms with E-state index < -0.39 is 0 Å². The van der Waals surface area contributed by atoms with Gasteiger partial charge in [-0.2, -0.15) is 16.6 Å². The number of benzene rings is 1. The first kappa shape index (κ1) is 14.0. The molecule has 0 saturated heterocycles. The Bertz CT molecular complexity index is 651. The van der Waals surface area contributed by atoms with Crippen LogP contribution in [0.15, 0.2) is 41.1 Å². The molecule has 0 atom stereocenters. The number of carbonyl (C=O) groups excluding carboxylic acids is 1. The Hall–Kier alpha value is -1.96. The number of thiophene rings is 1. The average molecular weight is 296 g/mol. The fraction of sp³-hybridized carbons (Fsp3) is 0.294. The van der Waals surface area contributed by atoms with Crippen LogP contribution in [-0.4, -0.2) is 23.3 Å². The third-order valence-electron chi connectivity index (χ3n) is 3.71. The molecule has 0 radical (unpaired) electrons. The van der Waals surface area contributed by atoms with E-state index in [-0.39, 0.29) is 5.78 Å². The highest BCUT2D eigenvalue weighted by molar-refractivity contribution is 7.07. The van der Waals surface area contributed by atoms with Crippen LogP contribution in [0.3, 0.4) is 0 Å². The summed E-state index contributed by atoms with van der Waals surface area (Å²) < 4.78 is 0. The normalized spacial score (nSPS) is 14.1. The smallest absolute Gasteiger partial charge is 0.176 e. The molecule has 3 nitrogen and oxygen atoms in total. The highest BCUT2D eigenvalue weighted by Gasteiger charge is 2.30. The van der Waals surface area contributed by atoms with E-state index >= 15 is 0 Å². The summed E-state index contributed by atoms with van der Waals surface area (Å²) >= 11 is 1.69. The Labute approximate surface area is 128 Å². The standard InChI is InChI=1S/C17H16N2OS/c18-9-13-1-3-15(4-2-13)17(20)11-19(16-5-6-16)10-14-7-8-21-12-14/h1-4,7-8,12,16H,5-6,10-11H2. The molecule has 1 heterocycles. The van der Waals surface area contributed by atoms with Crippen LogP contribution < -0.4 is 0 Å². The van der Waals surface area contributed by atoms with Crippen LogP contribution in [0.4, 0.5) is 0 Å². The van der Waals surface area contributed by atoms with Crippen molar-refractivity contribution in [1.82, 2.24) is 4.90 Å². The van der Waals surface area contributed by atoms with Crippen molar-refractivity contribution in [3.8, 4) is 6.07 Å². The Balaban J connectivity index is 1.67. The van der Waals surface area contributed by atoms with Crippen molar-refractivity contribution in [2.75, 3.05) is 6.54 Å². The molecule has 4 heteroatoms. The molecule has 0 amide bonds. The third-order valence-corrected chi connectivity index (χ3v) is 4.44. The zero-order valence-corrected chi connectivity index (χ0v) is 12.5. The van der Waals surface area contributed by atoms with Crippen molar-refractivity contribution < 1.29 is 4.79 Å². The predicted octanol–water partition coefficient (Wildman–Crippen LogP) is 3.47. The molecule has 1 aromatic carbocycles. The molecule has 1 aliphatic rings. The molecule has 0 bridgehead atoms. The zero-order chi connectivity index (χ0) is 14.7. The molecule has 3 rings (SSSR count). The third kappa shape index (κ3) is 3.57. The number of nitriles is 1. The van der Waals surface area contributed by atoms with Crippen LogP contribution in [0.25, 0.3) is 0 Å². The topological polar surface area (TPSA) is 44.1 Å². The molecule has 0 spiro atoms. The van der Waals surface area contributed by atoms with Crippen molar-refractivity contribution in [3.05, 3.63) is 57.8 Å². The van der Waals surface area contributed by atoms with Gasteiger partial charge in [0.05, 0.1) is 18.2 Å². The average Bonchev–Trinajstić information content (AvgIpc) is 3.24. The van der Waals surface area contributed by atoms with Gasteiger partial charge >= 0.3 is 0 Å².